The molecule has 2 aromatic heterocycles. The SMILES string of the molecule is Cc1coc(Sc2cc3nc[nH]c(=O)c3cc2N)n1. The van der Waals surface area contributed by atoms with E-state index in [1.54, 1.807) is 18.4 Å². The molecule has 3 rings (SSSR count). The van der Waals surface area contributed by atoms with E-state index in [2.05, 4.69) is 15.0 Å². The molecule has 0 atom stereocenters. The summed E-state index contributed by atoms with van der Waals surface area (Å²) >= 11 is 1.30. The Morgan fingerprint density at radius 1 is 1.42 bits per heavy atom. The lowest BCUT2D eigenvalue weighted by Gasteiger charge is -2.04. The second-order valence-corrected chi connectivity index (χ2v) is 4.99. The van der Waals surface area contributed by atoms with Crippen LogP contribution in [0.2, 0.25) is 0 Å². The summed E-state index contributed by atoms with van der Waals surface area (Å²) in [5.41, 5.74) is 7.61. The highest BCUT2D eigenvalue weighted by atomic mass is 32.2. The Balaban J connectivity index is 2.09. The van der Waals surface area contributed by atoms with Crippen molar-refractivity contribution < 1.29 is 4.42 Å². The summed E-state index contributed by atoms with van der Waals surface area (Å²) in [6.45, 7) is 1.85. The molecule has 96 valence electrons. The molecular weight excluding hydrogens is 264 g/mol. The van der Waals surface area contributed by atoms with Crippen LogP contribution in [-0.2, 0) is 0 Å². The molecular formula is C12H10N4O2S. The van der Waals surface area contributed by atoms with Gasteiger partial charge in [0.2, 0.25) is 0 Å². The van der Waals surface area contributed by atoms with Crippen LogP contribution in [0.5, 0.6) is 0 Å². The van der Waals surface area contributed by atoms with Gasteiger partial charge < -0.3 is 15.1 Å². The van der Waals surface area contributed by atoms with Gasteiger partial charge in [-0.3, -0.25) is 4.79 Å². The van der Waals surface area contributed by atoms with Crippen molar-refractivity contribution in [3.63, 3.8) is 0 Å². The number of anilines is 1. The van der Waals surface area contributed by atoms with Crippen LogP contribution in [0.3, 0.4) is 0 Å². The minimum atomic E-state index is -0.208. The van der Waals surface area contributed by atoms with Crippen molar-refractivity contribution in [2.24, 2.45) is 0 Å². The second-order valence-electron chi connectivity index (χ2n) is 4.00. The fourth-order valence-corrected chi connectivity index (χ4v) is 2.50. The van der Waals surface area contributed by atoms with Gasteiger partial charge in [0.05, 0.1) is 22.9 Å². The fraction of sp³-hybridized carbons (Fsp3) is 0.0833. The molecule has 0 unspecified atom stereocenters. The van der Waals surface area contributed by atoms with Crippen molar-refractivity contribution in [1.82, 2.24) is 15.0 Å². The number of nitrogen functional groups attached to an aromatic ring is 1. The number of hydrogen-bond acceptors (Lipinski definition) is 6. The standard InChI is InChI=1S/C12H10N4O2S/c1-6-4-18-12(16-6)19-10-3-9-7(2-8(10)13)11(17)15-5-14-9/h2-5H,13H2,1H3,(H,14,15,17). The number of nitrogens with zero attached hydrogens (tertiary/aromatic N) is 2. The van der Waals surface area contributed by atoms with E-state index in [-0.39, 0.29) is 5.56 Å². The number of oxazole rings is 1. The maximum atomic E-state index is 11.6. The number of nitrogens with one attached hydrogen (secondary N) is 1. The molecule has 1 aromatic carbocycles. The van der Waals surface area contributed by atoms with Gasteiger partial charge >= 0.3 is 0 Å². The number of rotatable bonds is 2. The van der Waals surface area contributed by atoms with Crippen molar-refractivity contribution in [2.45, 2.75) is 17.0 Å². The van der Waals surface area contributed by atoms with Gasteiger partial charge in [-0.2, -0.15) is 0 Å². The van der Waals surface area contributed by atoms with E-state index >= 15 is 0 Å². The van der Waals surface area contributed by atoms with Crippen LogP contribution in [0.1, 0.15) is 5.69 Å². The third-order valence-electron chi connectivity index (χ3n) is 2.57. The van der Waals surface area contributed by atoms with E-state index in [1.165, 1.54) is 18.1 Å². The summed E-state index contributed by atoms with van der Waals surface area (Å²) in [5.74, 6) is 0. The lowest BCUT2D eigenvalue weighted by atomic mass is 10.2. The summed E-state index contributed by atoms with van der Waals surface area (Å²) in [4.78, 5) is 23.2. The van der Waals surface area contributed by atoms with Crippen LogP contribution in [0, 0.1) is 6.92 Å². The van der Waals surface area contributed by atoms with E-state index < -0.39 is 0 Å². The Bertz CT molecular complexity index is 809. The number of benzene rings is 1. The second kappa shape index (κ2) is 4.43. The third kappa shape index (κ3) is 2.19. The Hall–Kier alpha value is -2.28. The highest BCUT2D eigenvalue weighted by Gasteiger charge is 2.10. The number of aromatic nitrogens is 3. The summed E-state index contributed by atoms with van der Waals surface area (Å²) in [6.07, 6.45) is 2.94. The van der Waals surface area contributed by atoms with Crippen molar-refractivity contribution in [3.05, 3.63) is 40.8 Å². The lowest BCUT2D eigenvalue weighted by Crippen LogP contribution is -2.07. The van der Waals surface area contributed by atoms with Crippen molar-refractivity contribution in [3.8, 4) is 0 Å². The molecule has 7 heteroatoms. The number of nitrogens with two attached hydrogens (primary N) is 1. The molecule has 0 radical (unpaired) electrons. The highest BCUT2D eigenvalue weighted by molar-refractivity contribution is 7.99. The average Bonchev–Trinajstić information content (AvgIpc) is 2.77. The Kier molecular flexibility index (Phi) is 2.75. The van der Waals surface area contributed by atoms with Crippen LogP contribution in [0.4, 0.5) is 5.69 Å². The minimum Gasteiger partial charge on any atom is -0.439 e. The molecule has 0 aliphatic heterocycles. The molecule has 3 N–H and O–H groups in total. The Morgan fingerprint density at radius 3 is 3.00 bits per heavy atom. The van der Waals surface area contributed by atoms with E-state index in [1.807, 2.05) is 6.92 Å². The number of hydrogen-bond donors (Lipinski definition) is 2. The number of aromatic amines is 1. The summed E-state index contributed by atoms with van der Waals surface area (Å²) < 4.78 is 5.27. The van der Waals surface area contributed by atoms with E-state index in [9.17, 15) is 4.79 Å². The molecule has 0 fully saturated rings. The number of fused-ring (bicyclic) bond motifs is 1. The third-order valence-corrected chi connectivity index (χ3v) is 3.50. The molecule has 0 saturated carbocycles. The molecule has 0 amide bonds. The van der Waals surface area contributed by atoms with Gasteiger partial charge in [0.15, 0.2) is 0 Å². The molecule has 6 nitrogen and oxygen atoms in total. The zero-order valence-corrected chi connectivity index (χ0v) is 10.8. The molecule has 0 aliphatic rings. The highest BCUT2D eigenvalue weighted by Crippen LogP contribution is 2.33. The van der Waals surface area contributed by atoms with E-state index in [4.69, 9.17) is 10.2 Å². The van der Waals surface area contributed by atoms with Crippen molar-refractivity contribution in [1.29, 1.82) is 0 Å². The number of H-pyrrole nitrogens is 1. The molecule has 2 heterocycles. The van der Waals surface area contributed by atoms with Crippen molar-refractivity contribution >= 4 is 28.4 Å². The zero-order chi connectivity index (χ0) is 13.4. The Morgan fingerprint density at radius 2 is 2.26 bits per heavy atom. The minimum absolute atomic E-state index is 0.208. The van der Waals surface area contributed by atoms with Gasteiger partial charge in [-0.05, 0) is 30.8 Å². The van der Waals surface area contributed by atoms with Crippen LogP contribution >= 0.6 is 11.8 Å². The van der Waals surface area contributed by atoms with Crippen LogP contribution in [-0.4, -0.2) is 15.0 Å². The van der Waals surface area contributed by atoms with Gasteiger partial charge in [0.25, 0.3) is 10.8 Å². The molecule has 0 bridgehead atoms. The average molecular weight is 274 g/mol. The monoisotopic (exact) mass is 274 g/mol. The first-order chi connectivity index (χ1) is 9.13. The molecule has 0 spiro atoms. The molecule has 19 heavy (non-hydrogen) atoms. The van der Waals surface area contributed by atoms with E-state index in [0.29, 0.717) is 21.8 Å². The van der Waals surface area contributed by atoms with Crippen LogP contribution in [0.15, 0.2) is 44.1 Å². The van der Waals surface area contributed by atoms with Gasteiger partial charge in [0, 0.05) is 10.6 Å². The molecule has 0 aliphatic carbocycles. The molecule has 3 aromatic rings. The van der Waals surface area contributed by atoms with Gasteiger partial charge in [-0.25, -0.2) is 9.97 Å². The largest absolute Gasteiger partial charge is 0.439 e. The quantitative estimate of drug-likeness (QED) is 0.693. The topological polar surface area (TPSA) is 97.8 Å². The summed E-state index contributed by atoms with van der Waals surface area (Å²) in [6, 6.07) is 3.36. The fourth-order valence-electron chi connectivity index (χ4n) is 1.67. The van der Waals surface area contributed by atoms with Gasteiger partial charge in [-0.1, -0.05) is 0 Å². The first kappa shape index (κ1) is 11.8. The maximum Gasteiger partial charge on any atom is 0.260 e. The summed E-state index contributed by atoms with van der Waals surface area (Å²) in [5, 5.41) is 0.973. The lowest BCUT2D eigenvalue weighted by molar-refractivity contribution is 0.454. The van der Waals surface area contributed by atoms with E-state index in [0.717, 1.165) is 10.6 Å². The van der Waals surface area contributed by atoms with Crippen LogP contribution < -0.4 is 11.3 Å². The zero-order valence-electron chi connectivity index (χ0n) is 10.0. The van der Waals surface area contributed by atoms with Gasteiger partial charge in [-0.15, -0.1) is 0 Å². The van der Waals surface area contributed by atoms with Crippen molar-refractivity contribution in [2.75, 3.05) is 5.73 Å². The predicted molar refractivity (Wildman–Crippen MR) is 72.1 cm³/mol. The summed E-state index contributed by atoms with van der Waals surface area (Å²) in [7, 11) is 0. The number of aryl methyl sites for hydroxylation is 1. The predicted octanol–water partition coefficient (Wildman–Crippen LogP) is 1.95. The van der Waals surface area contributed by atoms with Gasteiger partial charge in [0.1, 0.15) is 6.26 Å². The Labute approximate surface area is 112 Å². The molecule has 0 saturated heterocycles. The maximum absolute atomic E-state index is 11.6. The normalized spacial score (nSPS) is 11.0. The first-order valence-corrected chi connectivity index (χ1v) is 6.32. The smallest absolute Gasteiger partial charge is 0.260 e. The van der Waals surface area contributed by atoms with Crippen LogP contribution in [0.25, 0.3) is 10.9 Å². The first-order valence-electron chi connectivity index (χ1n) is 5.50.